The van der Waals surface area contributed by atoms with Crippen LogP contribution in [0.4, 0.5) is 0 Å². The van der Waals surface area contributed by atoms with E-state index in [2.05, 4.69) is 55.4 Å². The van der Waals surface area contributed by atoms with E-state index in [1.165, 1.54) is 11.1 Å². The van der Waals surface area contributed by atoms with Crippen LogP contribution in [0.2, 0.25) is 0 Å². The average molecular weight is 286 g/mol. The van der Waals surface area contributed by atoms with Crippen LogP contribution in [-0.2, 0) is 19.6 Å². The second-order valence-electron chi connectivity index (χ2n) is 6.10. The molecule has 114 valence electrons. The Kier molecular flexibility index (Phi) is 6.03. The van der Waals surface area contributed by atoms with E-state index in [1.54, 1.807) is 6.26 Å². The van der Waals surface area contributed by atoms with Crippen molar-refractivity contribution in [1.29, 1.82) is 0 Å². The van der Waals surface area contributed by atoms with Crippen LogP contribution in [0.1, 0.15) is 30.7 Å². The zero-order valence-corrected chi connectivity index (χ0v) is 13.3. The van der Waals surface area contributed by atoms with Crippen molar-refractivity contribution in [2.24, 2.45) is 5.92 Å². The molecule has 3 heteroatoms. The third kappa shape index (κ3) is 5.74. The monoisotopic (exact) mass is 286 g/mol. The van der Waals surface area contributed by atoms with E-state index >= 15 is 0 Å². The van der Waals surface area contributed by atoms with Gasteiger partial charge < -0.3 is 9.73 Å². The van der Waals surface area contributed by atoms with Gasteiger partial charge in [-0.3, -0.25) is 4.90 Å². The lowest BCUT2D eigenvalue weighted by atomic mass is 10.1. The molecule has 0 saturated carbocycles. The smallest absolute Gasteiger partial charge is 0.117 e. The van der Waals surface area contributed by atoms with E-state index in [4.69, 9.17) is 4.42 Å². The number of hydrogen-bond acceptors (Lipinski definition) is 3. The molecule has 0 unspecified atom stereocenters. The van der Waals surface area contributed by atoms with Crippen LogP contribution in [0.3, 0.4) is 0 Å². The summed E-state index contributed by atoms with van der Waals surface area (Å²) in [6.07, 6.45) is 1.73. The van der Waals surface area contributed by atoms with Crippen molar-refractivity contribution >= 4 is 0 Å². The summed E-state index contributed by atoms with van der Waals surface area (Å²) >= 11 is 0. The molecule has 0 aliphatic heterocycles. The number of nitrogens with zero attached hydrogens (tertiary/aromatic N) is 1. The van der Waals surface area contributed by atoms with Gasteiger partial charge in [0, 0.05) is 13.1 Å². The first-order chi connectivity index (χ1) is 10.1. The van der Waals surface area contributed by atoms with E-state index in [-0.39, 0.29) is 0 Å². The zero-order chi connectivity index (χ0) is 15.1. The Morgan fingerprint density at radius 1 is 1.10 bits per heavy atom. The molecule has 1 heterocycles. The highest BCUT2D eigenvalue weighted by Gasteiger charge is 2.04. The highest BCUT2D eigenvalue weighted by atomic mass is 16.3. The molecule has 0 radical (unpaired) electrons. The molecule has 0 aliphatic carbocycles. The predicted octanol–water partition coefficient (Wildman–Crippen LogP) is 3.66. The minimum atomic E-state index is 0.688. The van der Waals surface area contributed by atoms with Crippen molar-refractivity contribution in [2.75, 3.05) is 13.6 Å². The van der Waals surface area contributed by atoms with E-state index in [1.807, 2.05) is 12.1 Å². The molecule has 21 heavy (non-hydrogen) atoms. The summed E-state index contributed by atoms with van der Waals surface area (Å²) < 4.78 is 5.39. The molecule has 2 aromatic rings. The molecular formula is C18H26N2O. The molecule has 1 aromatic carbocycles. The lowest BCUT2D eigenvalue weighted by Gasteiger charge is -2.16. The molecule has 0 spiro atoms. The largest absolute Gasteiger partial charge is 0.468 e. The van der Waals surface area contributed by atoms with Crippen LogP contribution < -0.4 is 5.32 Å². The lowest BCUT2D eigenvalue weighted by molar-refractivity contribution is 0.288. The third-order valence-corrected chi connectivity index (χ3v) is 3.33. The molecule has 0 fully saturated rings. The average Bonchev–Trinajstić information content (AvgIpc) is 2.91. The summed E-state index contributed by atoms with van der Waals surface area (Å²) in [5, 5.41) is 3.49. The minimum Gasteiger partial charge on any atom is -0.468 e. The predicted molar refractivity (Wildman–Crippen MR) is 86.9 cm³/mol. The first-order valence-corrected chi connectivity index (χ1v) is 7.63. The van der Waals surface area contributed by atoms with Crippen molar-refractivity contribution in [2.45, 2.75) is 33.5 Å². The Balaban J connectivity index is 1.85. The van der Waals surface area contributed by atoms with Crippen molar-refractivity contribution in [3.05, 3.63) is 59.5 Å². The maximum Gasteiger partial charge on any atom is 0.117 e. The van der Waals surface area contributed by atoms with Crippen LogP contribution in [0.5, 0.6) is 0 Å². The Labute approximate surface area is 128 Å². The molecule has 0 saturated heterocycles. The van der Waals surface area contributed by atoms with Gasteiger partial charge in [-0.25, -0.2) is 0 Å². The van der Waals surface area contributed by atoms with Crippen LogP contribution in [-0.4, -0.2) is 18.5 Å². The summed E-state index contributed by atoms with van der Waals surface area (Å²) in [5.41, 5.74) is 2.69. The van der Waals surface area contributed by atoms with Gasteiger partial charge >= 0.3 is 0 Å². The Hall–Kier alpha value is -1.58. The molecule has 1 aromatic heterocycles. The fraction of sp³-hybridized carbons (Fsp3) is 0.444. The summed E-state index contributed by atoms with van der Waals surface area (Å²) in [4.78, 5) is 2.26. The highest BCUT2D eigenvalue weighted by molar-refractivity contribution is 5.23. The van der Waals surface area contributed by atoms with Crippen molar-refractivity contribution in [1.82, 2.24) is 10.2 Å². The van der Waals surface area contributed by atoms with E-state index in [9.17, 15) is 0 Å². The maximum absolute atomic E-state index is 5.39. The van der Waals surface area contributed by atoms with Gasteiger partial charge in [-0.05, 0) is 42.8 Å². The second kappa shape index (κ2) is 8.01. The Morgan fingerprint density at radius 3 is 2.62 bits per heavy atom. The van der Waals surface area contributed by atoms with Crippen LogP contribution in [0, 0.1) is 5.92 Å². The zero-order valence-electron chi connectivity index (χ0n) is 13.3. The third-order valence-electron chi connectivity index (χ3n) is 3.33. The van der Waals surface area contributed by atoms with Gasteiger partial charge in [0.2, 0.25) is 0 Å². The standard InChI is InChI=1S/C18H26N2O/c1-15(2)11-19-12-16-6-4-7-17(10-16)13-20(3)14-18-8-5-9-21-18/h4-10,15,19H,11-14H2,1-3H3. The summed E-state index contributed by atoms with van der Waals surface area (Å²) in [5.74, 6) is 1.69. The lowest BCUT2D eigenvalue weighted by Crippen LogP contribution is -2.19. The van der Waals surface area contributed by atoms with Gasteiger partial charge in [0.1, 0.15) is 5.76 Å². The van der Waals surface area contributed by atoms with Crippen molar-refractivity contribution in [3.63, 3.8) is 0 Å². The first kappa shape index (κ1) is 15.8. The minimum absolute atomic E-state index is 0.688. The van der Waals surface area contributed by atoms with Gasteiger partial charge in [0.05, 0.1) is 12.8 Å². The number of furan rings is 1. The van der Waals surface area contributed by atoms with E-state index in [0.29, 0.717) is 5.92 Å². The van der Waals surface area contributed by atoms with E-state index < -0.39 is 0 Å². The molecule has 0 amide bonds. The summed E-state index contributed by atoms with van der Waals surface area (Å²) in [7, 11) is 2.12. The first-order valence-electron chi connectivity index (χ1n) is 7.63. The van der Waals surface area contributed by atoms with Gasteiger partial charge in [0.25, 0.3) is 0 Å². The van der Waals surface area contributed by atoms with E-state index in [0.717, 1.165) is 31.9 Å². The molecule has 1 N–H and O–H groups in total. The normalized spacial score (nSPS) is 11.5. The van der Waals surface area contributed by atoms with Gasteiger partial charge in [-0.1, -0.05) is 38.1 Å². The molecular weight excluding hydrogens is 260 g/mol. The Morgan fingerprint density at radius 2 is 1.90 bits per heavy atom. The topological polar surface area (TPSA) is 28.4 Å². The number of benzene rings is 1. The molecule has 0 bridgehead atoms. The fourth-order valence-corrected chi connectivity index (χ4v) is 2.38. The fourth-order valence-electron chi connectivity index (χ4n) is 2.38. The van der Waals surface area contributed by atoms with Crippen LogP contribution in [0.15, 0.2) is 47.1 Å². The number of nitrogens with one attached hydrogen (secondary N) is 1. The van der Waals surface area contributed by atoms with Gasteiger partial charge in [-0.15, -0.1) is 0 Å². The SMILES string of the molecule is CC(C)CNCc1cccc(CN(C)Cc2ccco2)c1. The van der Waals surface area contributed by atoms with Crippen LogP contribution >= 0.6 is 0 Å². The number of hydrogen-bond donors (Lipinski definition) is 1. The highest BCUT2D eigenvalue weighted by Crippen LogP contribution is 2.11. The Bertz CT molecular complexity index is 520. The molecule has 3 nitrogen and oxygen atoms in total. The van der Waals surface area contributed by atoms with Crippen molar-refractivity contribution < 1.29 is 4.42 Å². The second-order valence-corrected chi connectivity index (χ2v) is 6.10. The van der Waals surface area contributed by atoms with Gasteiger partial charge in [-0.2, -0.15) is 0 Å². The molecule has 0 aliphatic rings. The molecule has 0 atom stereocenters. The summed E-state index contributed by atoms with van der Waals surface area (Å²) in [6.45, 7) is 8.22. The van der Waals surface area contributed by atoms with Gasteiger partial charge in [0.15, 0.2) is 0 Å². The molecule has 2 rings (SSSR count). The maximum atomic E-state index is 5.39. The summed E-state index contributed by atoms with van der Waals surface area (Å²) in [6, 6.07) is 12.7. The number of rotatable bonds is 8. The van der Waals surface area contributed by atoms with Crippen LogP contribution in [0.25, 0.3) is 0 Å². The van der Waals surface area contributed by atoms with Crippen molar-refractivity contribution in [3.8, 4) is 0 Å². The quantitative estimate of drug-likeness (QED) is 0.803.